The highest BCUT2D eigenvalue weighted by Gasteiger charge is 2.11. The predicted molar refractivity (Wildman–Crippen MR) is 103 cm³/mol. The van der Waals surface area contributed by atoms with Crippen LogP contribution in [0.3, 0.4) is 0 Å². The molecule has 0 unspecified atom stereocenters. The average Bonchev–Trinajstić information content (AvgIpc) is 2.64. The number of rotatable bonds is 8. The Balaban J connectivity index is 1.89. The summed E-state index contributed by atoms with van der Waals surface area (Å²) in [6.45, 7) is 3.73. The van der Waals surface area contributed by atoms with E-state index in [-0.39, 0.29) is 17.2 Å². The molecule has 2 N–H and O–H groups in total. The second-order valence-electron chi connectivity index (χ2n) is 5.17. The zero-order valence-corrected chi connectivity index (χ0v) is 15.0. The fourth-order valence-electron chi connectivity index (χ4n) is 2.18. The SMILES string of the molecule is CCNC(=NCc1ccccc1[N+](=O)[O-])NCCSc1ccccc1. The van der Waals surface area contributed by atoms with Crippen LogP contribution in [0.1, 0.15) is 12.5 Å². The molecule has 0 atom stereocenters. The Morgan fingerprint density at radius 3 is 2.56 bits per heavy atom. The van der Waals surface area contributed by atoms with Crippen molar-refractivity contribution in [3.05, 3.63) is 70.3 Å². The van der Waals surface area contributed by atoms with E-state index in [2.05, 4.69) is 27.8 Å². The van der Waals surface area contributed by atoms with Gasteiger partial charge in [0.1, 0.15) is 0 Å². The lowest BCUT2D eigenvalue weighted by Crippen LogP contribution is -2.38. The minimum absolute atomic E-state index is 0.0988. The minimum atomic E-state index is -0.373. The van der Waals surface area contributed by atoms with Crippen LogP contribution in [0.4, 0.5) is 5.69 Å². The van der Waals surface area contributed by atoms with Crippen molar-refractivity contribution < 1.29 is 4.92 Å². The van der Waals surface area contributed by atoms with Crippen LogP contribution in [0, 0.1) is 10.1 Å². The van der Waals surface area contributed by atoms with E-state index in [1.165, 1.54) is 11.0 Å². The third kappa shape index (κ3) is 6.46. The van der Waals surface area contributed by atoms with Crippen molar-refractivity contribution >= 4 is 23.4 Å². The molecule has 25 heavy (non-hydrogen) atoms. The van der Waals surface area contributed by atoms with E-state index in [0.29, 0.717) is 11.5 Å². The number of nitro benzene ring substituents is 1. The van der Waals surface area contributed by atoms with Crippen molar-refractivity contribution in [3.63, 3.8) is 0 Å². The predicted octanol–water partition coefficient (Wildman–Crippen LogP) is 3.44. The number of nitrogens with zero attached hydrogens (tertiary/aromatic N) is 2. The fraction of sp³-hybridized carbons (Fsp3) is 0.278. The number of guanidine groups is 1. The Morgan fingerprint density at radius 2 is 1.84 bits per heavy atom. The van der Waals surface area contributed by atoms with E-state index in [1.54, 1.807) is 30.0 Å². The van der Waals surface area contributed by atoms with Crippen molar-refractivity contribution in [2.24, 2.45) is 4.99 Å². The first kappa shape index (κ1) is 18.8. The highest BCUT2D eigenvalue weighted by molar-refractivity contribution is 7.99. The zero-order valence-electron chi connectivity index (χ0n) is 14.1. The minimum Gasteiger partial charge on any atom is -0.357 e. The zero-order chi connectivity index (χ0) is 17.9. The molecule has 0 aliphatic heterocycles. The third-order valence-electron chi connectivity index (χ3n) is 3.35. The van der Waals surface area contributed by atoms with E-state index in [4.69, 9.17) is 0 Å². The molecular weight excluding hydrogens is 336 g/mol. The Bertz CT molecular complexity index is 707. The van der Waals surface area contributed by atoms with Gasteiger partial charge in [-0.2, -0.15) is 0 Å². The average molecular weight is 358 g/mol. The molecule has 132 valence electrons. The summed E-state index contributed by atoms with van der Waals surface area (Å²) in [7, 11) is 0. The second kappa shape index (κ2) is 10.4. The van der Waals surface area contributed by atoms with Gasteiger partial charge in [-0.1, -0.05) is 36.4 Å². The number of para-hydroxylation sites is 1. The van der Waals surface area contributed by atoms with Crippen LogP contribution in [0.2, 0.25) is 0 Å². The molecule has 0 radical (unpaired) electrons. The lowest BCUT2D eigenvalue weighted by molar-refractivity contribution is -0.385. The van der Waals surface area contributed by atoms with Gasteiger partial charge in [0.15, 0.2) is 5.96 Å². The Morgan fingerprint density at radius 1 is 1.12 bits per heavy atom. The van der Waals surface area contributed by atoms with Crippen molar-refractivity contribution in [2.75, 3.05) is 18.8 Å². The lowest BCUT2D eigenvalue weighted by Gasteiger charge is -2.11. The molecule has 0 saturated heterocycles. The molecule has 0 aliphatic carbocycles. The molecule has 0 aromatic heterocycles. The second-order valence-corrected chi connectivity index (χ2v) is 6.34. The number of benzene rings is 2. The van der Waals surface area contributed by atoms with Crippen LogP contribution in [0.25, 0.3) is 0 Å². The van der Waals surface area contributed by atoms with Crippen LogP contribution in [0.15, 0.2) is 64.5 Å². The first-order chi connectivity index (χ1) is 12.2. The molecular formula is C18H22N4O2S. The first-order valence-corrected chi connectivity index (χ1v) is 9.11. The summed E-state index contributed by atoms with van der Waals surface area (Å²) in [4.78, 5) is 16.4. The quantitative estimate of drug-likeness (QED) is 0.189. The fourth-order valence-corrected chi connectivity index (χ4v) is 2.97. The van der Waals surface area contributed by atoms with Gasteiger partial charge >= 0.3 is 0 Å². The summed E-state index contributed by atoms with van der Waals surface area (Å²) in [5, 5.41) is 17.5. The molecule has 0 heterocycles. The molecule has 0 spiro atoms. The van der Waals surface area contributed by atoms with Crippen molar-refractivity contribution in [1.29, 1.82) is 0 Å². The Hall–Kier alpha value is -2.54. The summed E-state index contributed by atoms with van der Waals surface area (Å²) in [6.07, 6.45) is 0. The molecule has 6 nitrogen and oxygen atoms in total. The molecule has 0 bridgehead atoms. The van der Waals surface area contributed by atoms with Gasteiger partial charge in [0.25, 0.3) is 5.69 Å². The molecule has 2 aromatic carbocycles. The number of aliphatic imine (C=N–C) groups is 1. The molecule has 0 amide bonds. The maximum atomic E-state index is 11.1. The van der Waals surface area contributed by atoms with Crippen molar-refractivity contribution in [3.8, 4) is 0 Å². The maximum Gasteiger partial charge on any atom is 0.274 e. The van der Waals surface area contributed by atoms with Crippen molar-refractivity contribution in [2.45, 2.75) is 18.4 Å². The van der Waals surface area contributed by atoms with Gasteiger partial charge < -0.3 is 10.6 Å². The van der Waals surface area contributed by atoms with E-state index < -0.39 is 0 Å². The number of hydrogen-bond donors (Lipinski definition) is 2. The molecule has 0 aliphatic rings. The first-order valence-electron chi connectivity index (χ1n) is 8.13. The van der Waals surface area contributed by atoms with Crippen molar-refractivity contribution in [1.82, 2.24) is 10.6 Å². The van der Waals surface area contributed by atoms with Gasteiger partial charge in [0.05, 0.1) is 17.0 Å². The standard InChI is InChI=1S/C18H22N4O2S/c1-2-19-18(20-12-13-25-16-9-4-3-5-10-16)21-14-15-8-6-7-11-17(15)22(23)24/h3-11H,2,12-14H2,1H3,(H2,19,20,21). The highest BCUT2D eigenvalue weighted by Crippen LogP contribution is 2.18. The third-order valence-corrected chi connectivity index (χ3v) is 4.36. The largest absolute Gasteiger partial charge is 0.357 e. The normalized spacial score (nSPS) is 11.2. The summed E-state index contributed by atoms with van der Waals surface area (Å²) >= 11 is 1.77. The van der Waals surface area contributed by atoms with E-state index in [9.17, 15) is 10.1 Å². The Labute approximate surface area is 151 Å². The molecule has 0 saturated carbocycles. The lowest BCUT2D eigenvalue weighted by atomic mass is 10.2. The van der Waals surface area contributed by atoms with Gasteiger partial charge in [0, 0.05) is 29.8 Å². The van der Waals surface area contributed by atoms with Crippen LogP contribution >= 0.6 is 11.8 Å². The van der Waals surface area contributed by atoms with E-state index in [0.717, 1.165) is 18.8 Å². The monoisotopic (exact) mass is 358 g/mol. The Kier molecular flexibility index (Phi) is 7.78. The topological polar surface area (TPSA) is 79.6 Å². The highest BCUT2D eigenvalue weighted by atomic mass is 32.2. The van der Waals surface area contributed by atoms with Crippen LogP contribution < -0.4 is 10.6 Å². The molecule has 2 rings (SSSR count). The maximum absolute atomic E-state index is 11.1. The van der Waals surface area contributed by atoms with E-state index in [1.807, 2.05) is 25.1 Å². The summed E-state index contributed by atoms with van der Waals surface area (Å²) in [6, 6.07) is 16.9. The summed E-state index contributed by atoms with van der Waals surface area (Å²) in [5.41, 5.74) is 0.699. The number of thioether (sulfide) groups is 1. The molecule has 7 heteroatoms. The summed E-state index contributed by atoms with van der Waals surface area (Å²) < 4.78 is 0. The smallest absolute Gasteiger partial charge is 0.274 e. The van der Waals surface area contributed by atoms with Gasteiger partial charge in [0.2, 0.25) is 0 Å². The van der Waals surface area contributed by atoms with Crippen LogP contribution in [0.5, 0.6) is 0 Å². The van der Waals surface area contributed by atoms with Crippen LogP contribution in [-0.4, -0.2) is 29.7 Å². The number of hydrogen-bond acceptors (Lipinski definition) is 4. The number of nitrogens with one attached hydrogen (secondary N) is 2. The van der Waals surface area contributed by atoms with Gasteiger partial charge in [-0.15, -0.1) is 11.8 Å². The summed E-state index contributed by atoms with van der Waals surface area (Å²) in [5.74, 6) is 1.56. The van der Waals surface area contributed by atoms with Gasteiger partial charge in [-0.3, -0.25) is 10.1 Å². The van der Waals surface area contributed by atoms with Gasteiger partial charge in [-0.25, -0.2) is 4.99 Å². The molecule has 0 fully saturated rings. The van der Waals surface area contributed by atoms with E-state index >= 15 is 0 Å². The van der Waals surface area contributed by atoms with Crippen LogP contribution in [-0.2, 0) is 6.54 Å². The number of nitro groups is 1. The van der Waals surface area contributed by atoms with Gasteiger partial charge in [-0.05, 0) is 19.1 Å². The molecule has 2 aromatic rings.